The summed E-state index contributed by atoms with van der Waals surface area (Å²) < 4.78 is 28.6. The topological polar surface area (TPSA) is 54.8 Å². The van der Waals surface area contributed by atoms with Crippen LogP contribution in [0.4, 0.5) is 4.39 Å². The van der Waals surface area contributed by atoms with Gasteiger partial charge in [0.1, 0.15) is 11.6 Å². The maximum absolute atomic E-state index is 14.6. The van der Waals surface area contributed by atoms with E-state index < -0.39 is 12.3 Å². The number of hydrogen-bond acceptors (Lipinski definition) is 5. The Hall–Kier alpha value is -3.38. The second-order valence-electron chi connectivity index (χ2n) is 9.34. The summed E-state index contributed by atoms with van der Waals surface area (Å²) in [4.78, 5) is 24.3. The van der Waals surface area contributed by atoms with Crippen LogP contribution in [0.15, 0.2) is 59.7 Å². The largest absolute Gasteiger partial charge is 0.496 e. The van der Waals surface area contributed by atoms with Crippen molar-refractivity contribution in [2.45, 2.75) is 39.3 Å². The molecule has 0 saturated carbocycles. The molecule has 0 N–H and O–H groups in total. The second-order valence-corrected chi connectivity index (χ2v) is 9.34. The lowest BCUT2D eigenvalue weighted by Gasteiger charge is -2.33. The minimum atomic E-state index is -0.873. The third-order valence-corrected chi connectivity index (χ3v) is 6.83. The van der Waals surface area contributed by atoms with Crippen molar-refractivity contribution in [3.8, 4) is 5.75 Å². The first kappa shape index (κ1) is 22.1. The molecule has 5 nitrogen and oxygen atoms in total. The van der Waals surface area contributed by atoms with Crippen molar-refractivity contribution in [3.63, 3.8) is 0 Å². The molecule has 2 atom stereocenters. The van der Waals surface area contributed by atoms with E-state index in [9.17, 15) is 9.18 Å². The van der Waals surface area contributed by atoms with Crippen LogP contribution in [0.2, 0.25) is 0 Å². The molecular weight excluding hydrogens is 441 g/mol. The van der Waals surface area contributed by atoms with E-state index in [1.807, 2.05) is 42.2 Å². The van der Waals surface area contributed by atoms with Gasteiger partial charge in [0.15, 0.2) is 5.78 Å². The Bertz CT molecular complexity index is 1330. The Morgan fingerprint density at radius 1 is 1.26 bits per heavy atom. The van der Waals surface area contributed by atoms with Gasteiger partial charge in [-0.15, -0.1) is 0 Å². The van der Waals surface area contributed by atoms with Crippen LogP contribution in [0, 0.1) is 18.7 Å². The van der Waals surface area contributed by atoms with Crippen molar-refractivity contribution >= 4 is 11.5 Å². The lowest BCUT2D eigenvalue weighted by molar-refractivity contribution is 0.0911. The van der Waals surface area contributed by atoms with Crippen molar-refractivity contribution in [3.05, 3.63) is 94.1 Å². The molecule has 6 heteroatoms. The Kier molecular flexibility index (Phi) is 6.37. The number of benzene rings is 2. The Morgan fingerprint density at radius 2 is 2.14 bits per heavy atom. The number of pyridine rings is 1. The zero-order chi connectivity index (χ0) is 25.2. The number of Topliss-reactive ketones (excluding diaryl/α,β-unsaturated/α-hetero) is 1. The number of halogens is 1. The molecule has 2 aliphatic rings. The number of aryl methyl sites for hydroxylation is 1. The number of likely N-dealkylation sites (tertiary alicyclic amines) is 1. The standard InChI is InChI=1S/C29H30FN3O2/c1-19-13-22(10-11-31-19)29-24-15-21(8-9-23(24)16-32-29)27(34)14-20-5-4-12-33(17-20)18-25-26(30)6-3-7-28(25)35-2/h3,6-11,13,15,20H,4-5,12,14,16-18H2,1-2H3/t20-/m0/s1/i18D/t18?,20-. The van der Waals surface area contributed by atoms with E-state index in [0.717, 1.165) is 40.9 Å². The van der Waals surface area contributed by atoms with Gasteiger partial charge in [-0.1, -0.05) is 18.2 Å². The summed E-state index contributed by atoms with van der Waals surface area (Å²) in [6.07, 6.45) is 3.96. The van der Waals surface area contributed by atoms with Gasteiger partial charge in [0.2, 0.25) is 0 Å². The van der Waals surface area contributed by atoms with Crippen LogP contribution in [0.5, 0.6) is 5.75 Å². The molecule has 3 heterocycles. The highest BCUT2D eigenvalue weighted by Crippen LogP contribution is 2.29. The monoisotopic (exact) mass is 472 g/mol. The van der Waals surface area contributed by atoms with Gasteiger partial charge < -0.3 is 4.74 Å². The maximum Gasteiger partial charge on any atom is 0.163 e. The number of rotatable bonds is 7. The summed E-state index contributed by atoms with van der Waals surface area (Å²) in [6.45, 7) is 2.97. The molecule has 1 fully saturated rings. The number of carbonyl (C=O) groups excluding carboxylic acids is 1. The molecule has 1 aromatic heterocycles. The van der Waals surface area contributed by atoms with Crippen LogP contribution < -0.4 is 4.74 Å². The molecular formula is C29H30FN3O2. The van der Waals surface area contributed by atoms with Gasteiger partial charge in [0.25, 0.3) is 0 Å². The highest BCUT2D eigenvalue weighted by Gasteiger charge is 2.26. The number of aliphatic imine (C=N–C) groups is 1. The molecule has 0 spiro atoms. The maximum atomic E-state index is 14.6. The van der Waals surface area contributed by atoms with Gasteiger partial charge in [-0.25, -0.2) is 4.39 Å². The zero-order valence-electron chi connectivity index (χ0n) is 21.1. The summed E-state index contributed by atoms with van der Waals surface area (Å²) in [7, 11) is 1.49. The van der Waals surface area contributed by atoms with Crippen LogP contribution in [-0.4, -0.2) is 41.6 Å². The van der Waals surface area contributed by atoms with Crippen LogP contribution in [0.3, 0.4) is 0 Å². The third kappa shape index (κ3) is 5.03. The van der Waals surface area contributed by atoms with Gasteiger partial charge in [0.05, 0.1) is 19.4 Å². The van der Waals surface area contributed by atoms with E-state index in [2.05, 4.69) is 4.98 Å². The van der Waals surface area contributed by atoms with Gasteiger partial charge in [-0.05, 0) is 68.1 Å². The first-order valence-corrected chi connectivity index (χ1v) is 12.1. The summed E-state index contributed by atoms with van der Waals surface area (Å²) in [6, 6.07) is 14.5. The van der Waals surface area contributed by atoms with Crippen molar-refractivity contribution < 1.29 is 15.3 Å². The summed E-state index contributed by atoms with van der Waals surface area (Å²) >= 11 is 0. The predicted molar refractivity (Wildman–Crippen MR) is 135 cm³/mol. The number of nitrogens with zero attached hydrogens (tertiary/aromatic N) is 3. The van der Waals surface area contributed by atoms with E-state index in [0.29, 0.717) is 37.4 Å². The van der Waals surface area contributed by atoms with Crippen molar-refractivity contribution in [1.29, 1.82) is 0 Å². The molecule has 180 valence electrons. The average Bonchev–Trinajstić information content (AvgIpc) is 3.31. The minimum absolute atomic E-state index is 0.0896. The Morgan fingerprint density at radius 3 is 2.97 bits per heavy atom. The molecule has 0 bridgehead atoms. The first-order chi connectivity index (χ1) is 17.4. The molecule has 2 aliphatic heterocycles. The third-order valence-electron chi connectivity index (χ3n) is 6.83. The van der Waals surface area contributed by atoms with E-state index in [1.54, 1.807) is 18.3 Å². The lowest BCUT2D eigenvalue weighted by Crippen LogP contribution is -2.36. The van der Waals surface area contributed by atoms with Gasteiger partial charge in [-0.3, -0.25) is 19.7 Å². The number of hydrogen-bond donors (Lipinski definition) is 0. The molecule has 35 heavy (non-hydrogen) atoms. The van der Waals surface area contributed by atoms with Crippen LogP contribution in [-0.2, 0) is 13.1 Å². The predicted octanol–water partition coefficient (Wildman–Crippen LogP) is 5.37. The second kappa shape index (κ2) is 10.1. The number of methoxy groups -OCH3 is 1. The number of carbonyl (C=O) groups is 1. The lowest BCUT2D eigenvalue weighted by atomic mass is 9.89. The van der Waals surface area contributed by atoms with E-state index in [4.69, 9.17) is 11.1 Å². The highest BCUT2D eigenvalue weighted by molar-refractivity contribution is 6.16. The number of aromatic nitrogens is 1. The van der Waals surface area contributed by atoms with Gasteiger partial charge >= 0.3 is 0 Å². The molecule has 0 aliphatic carbocycles. The van der Waals surface area contributed by atoms with Crippen molar-refractivity contribution in [2.75, 3.05) is 20.2 Å². The van der Waals surface area contributed by atoms with Crippen LogP contribution in [0.25, 0.3) is 0 Å². The minimum Gasteiger partial charge on any atom is -0.496 e. The van der Waals surface area contributed by atoms with Crippen LogP contribution in [0.1, 0.15) is 58.9 Å². The smallest absolute Gasteiger partial charge is 0.163 e. The van der Waals surface area contributed by atoms with Crippen LogP contribution >= 0.6 is 0 Å². The molecule has 1 saturated heterocycles. The fraction of sp³-hybridized carbons (Fsp3) is 0.345. The highest BCUT2D eigenvalue weighted by atomic mass is 19.1. The molecule has 0 radical (unpaired) electrons. The number of piperidine rings is 1. The number of fused-ring (bicyclic) bond motifs is 1. The summed E-state index contributed by atoms with van der Waals surface area (Å²) in [5, 5.41) is 0. The molecule has 2 aromatic carbocycles. The quantitative estimate of drug-likeness (QED) is 0.434. The van der Waals surface area contributed by atoms with Gasteiger partial charge in [0, 0.05) is 55.0 Å². The Balaban J connectivity index is 1.30. The Labute approximate surface area is 207 Å². The fourth-order valence-electron chi connectivity index (χ4n) is 5.06. The zero-order valence-corrected chi connectivity index (χ0v) is 20.1. The molecule has 0 amide bonds. The molecule has 1 unspecified atom stereocenters. The molecule has 5 rings (SSSR count). The SMILES string of the molecule is [2H]C(c1c(F)cccc1OC)N1CCC[C@@H](CC(=O)c2ccc3c(c2)C(c2ccnc(C)c2)=NC3)C1. The molecule has 3 aromatic rings. The first-order valence-electron chi connectivity index (χ1n) is 12.6. The van der Waals surface area contributed by atoms with E-state index in [-0.39, 0.29) is 17.3 Å². The van der Waals surface area contributed by atoms with Crippen molar-refractivity contribution in [2.24, 2.45) is 10.9 Å². The summed E-state index contributed by atoms with van der Waals surface area (Å²) in [5.41, 5.74) is 5.92. The van der Waals surface area contributed by atoms with Crippen molar-refractivity contribution in [1.82, 2.24) is 9.88 Å². The fourth-order valence-corrected chi connectivity index (χ4v) is 5.06. The van der Waals surface area contributed by atoms with E-state index in [1.165, 1.54) is 13.2 Å². The summed E-state index contributed by atoms with van der Waals surface area (Å²) in [5.74, 6) is 0.147. The number of ketones is 1. The average molecular weight is 473 g/mol. The normalized spacial score (nSPS) is 19.0. The van der Waals surface area contributed by atoms with Gasteiger partial charge in [-0.2, -0.15) is 0 Å². The van der Waals surface area contributed by atoms with E-state index >= 15 is 0 Å². The number of ether oxygens (including phenoxy) is 1.